The minimum absolute atomic E-state index is 0.0312. The van der Waals surface area contributed by atoms with E-state index in [1.165, 1.54) is 4.31 Å². The van der Waals surface area contributed by atoms with Crippen LogP contribution in [0.4, 0.5) is 11.4 Å². The summed E-state index contributed by atoms with van der Waals surface area (Å²) in [5, 5.41) is 5.76. The van der Waals surface area contributed by atoms with Crippen molar-refractivity contribution in [2.45, 2.75) is 37.1 Å². The standard InChI is InChI=1S/C31H35N5O4S/c1-3-4-17-35(2)41(39,40)25-14-15-27-26(19-25)29(31(38)34-27)30(23-8-6-5-7-9-23)33-24-12-10-22(11-13-24)20-36-18-16-32-28(37)21-36/h5-15,19,29H,3-4,16-18,20-21H2,1-2H3,(H,32,37)(H,34,38). The third-order valence-corrected chi connectivity index (χ3v) is 9.29. The average Bonchev–Trinajstić information content (AvgIpc) is 3.30. The Labute approximate surface area is 241 Å². The first kappa shape index (κ1) is 28.7. The van der Waals surface area contributed by atoms with Crippen molar-refractivity contribution in [2.24, 2.45) is 4.99 Å². The molecule has 2 N–H and O–H groups in total. The summed E-state index contributed by atoms with van der Waals surface area (Å²) >= 11 is 0. The van der Waals surface area contributed by atoms with Crippen LogP contribution in [-0.2, 0) is 26.2 Å². The number of anilines is 1. The second-order valence-corrected chi connectivity index (χ2v) is 12.5. The molecule has 0 bridgehead atoms. The van der Waals surface area contributed by atoms with Crippen LogP contribution < -0.4 is 10.6 Å². The van der Waals surface area contributed by atoms with Crippen molar-refractivity contribution in [3.8, 4) is 0 Å². The lowest BCUT2D eigenvalue weighted by atomic mass is 9.90. The van der Waals surface area contributed by atoms with Gasteiger partial charge in [0.15, 0.2) is 0 Å². The van der Waals surface area contributed by atoms with Gasteiger partial charge in [-0.15, -0.1) is 0 Å². The fourth-order valence-corrected chi connectivity index (χ4v) is 6.40. The first-order valence-electron chi connectivity index (χ1n) is 13.9. The monoisotopic (exact) mass is 573 g/mol. The molecule has 0 aromatic heterocycles. The number of carbonyl (C=O) groups excluding carboxylic acids is 2. The van der Waals surface area contributed by atoms with Crippen molar-refractivity contribution in [1.82, 2.24) is 14.5 Å². The molecule has 2 aliphatic rings. The van der Waals surface area contributed by atoms with Crippen LogP contribution in [0.25, 0.3) is 0 Å². The van der Waals surface area contributed by atoms with Crippen molar-refractivity contribution < 1.29 is 18.0 Å². The van der Waals surface area contributed by atoms with Gasteiger partial charge in [-0.1, -0.05) is 55.8 Å². The van der Waals surface area contributed by atoms with Gasteiger partial charge in [0.2, 0.25) is 21.8 Å². The van der Waals surface area contributed by atoms with Gasteiger partial charge < -0.3 is 10.6 Å². The summed E-state index contributed by atoms with van der Waals surface area (Å²) < 4.78 is 28.0. The van der Waals surface area contributed by atoms with Crippen LogP contribution in [0, 0.1) is 0 Å². The Bertz CT molecular complexity index is 1560. The van der Waals surface area contributed by atoms with E-state index in [-0.39, 0.29) is 16.7 Å². The number of unbranched alkanes of at least 4 members (excludes halogenated alkanes) is 1. The Hall–Kier alpha value is -3.86. The highest BCUT2D eigenvalue weighted by Gasteiger charge is 2.37. The van der Waals surface area contributed by atoms with E-state index in [4.69, 9.17) is 4.99 Å². The maximum absolute atomic E-state index is 13.4. The van der Waals surface area contributed by atoms with E-state index in [9.17, 15) is 18.0 Å². The van der Waals surface area contributed by atoms with Gasteiger partial charge in [-0.3, -0.25) is 19.5 Å². The van der Waals surface area contributed by atoms with Crippen LogP contribution in [-0.4, -0.2) is 68.4 Å². The molecule has 2 aliphatic heterocycles. The van der Waals surface area contributed by atoms with Crippen molar-refractivity contribution >= 4 is 38.9 Å². The lowest BCUT2D eigenvalue weighted by molar-refractivity contribution is -0.124. The second-order valence-electron chi connectivity index (χ2n) is 10.4. The van der Waals surface area contributed by atoms with Crippen LogP contribution >= 0.6 is 0 Å². The molecular weight excluding hydrogens is 538 g/mol. The van der Waals surface area contributed by atoms with Gasteiger partial charge in [0.05, 0.1) is 22.8 Å². The molecule has 0 saturated carbocycles. The molecule has 9 nitrogen and oxygen atoms in total. The number of fused-ring (bicyclic) bond motifs is 1. The van der Waals surface area contributed by atoms with Gasteiger partial charge in [0, 0.05) is 38.9 Å². The number of nitrogens with zero attached hydrogens (tertiary/aromatic N) is 3. The van der Waals surface area contributed by atoms with Crippen LogP contribution in [0.5, 0.6) is 0 Å². The molecule has 1 atom stereocenters. The Morgan fingerprint density at radius 2 is 1.80 bits per heavy atom. The highest BCUT2D eigenvalue weighted by atomic mass is 32.2. The molecule has 1 saturated heterocycles. The zero-order chi connectivity index (χ0) is 29.0. The lowest BCUT2D eigenvalue weighted by Gasteiger charge is -2.26. The molecule has 0 spiro atoms. The SMILES string of the molecule is CCCCN(C)S(=O)(=O)c1ccc2c(c1)C(C(=Nc1ccc(CN3CCNC(=O)C3)cc1)c1ccccc1)C(=O)N2. The van der Waals surface area contributed by atoms with Gasteiger partial charge in [0.1, 0.15) is 5.92 Å². The summed E-state index contributed by atoms with van der Waals surface area (Å²) in [6.07, 6.45) is 1.65. The van der Waals surface area contributed by atoms with Crippen molar-refractivity contribution in [1.29, 1.82) is 0 Å². The maximum atomic E-state index is 13.4. The molecule has 3 aromatic carbocycles. The summed E-state index contributed by atoms with van der Waals surface area (Å²) in [6, 6.07) is 22.1. The Kier molecular flexibility index (Phi) is 8.63. The number of amides is 2. The molecule has 1 unspecified atom stereocenters. The topological polar surface area (TPSA) is 111 Å². The fraction of sp³-hybridized carbons (Fsp3) is 0.323. The van der Waals surface area contributed by atoms with Crippen LogP contribution in [0.3, 0.4) is 0 Å². The van der Waals surface area contributed by atoms with E-state index < -0.39 is 15.9 Å². The van der Waals surface area contributed by atoms with Gasteiger partial charge in [-0.25, -0.2) is 12.7 Å². The summed E-state index contributed by atoms with van der Waals surface area (Å²) in [4.78, 5) is 32.3. The molecule has 2 amide bonds. The molecule has 0 aliphatic carbocycles. The third kappa shape index (κ3) is 6.40. The number of carbonyl (C=O) groups is 2. The quantitative estimate of drug-likeness (QED) is 0.358. The molecule has 41 heavy (non-hydrogen) atoms. The van der Waals surface area contributed by atoms with Gasteiger partial charge >= 0.3 is 0 Å². The largest absolute Gasteiger partial charge is 0.354 e. The number of aliphatic imine (C=N–C) groups is 1. The average molecular weight is 574 g/mol. The van der Waals surface area contributed by atoms with Crippen LogP contribution in [0.2, 0.25) is 0 Å². The lowest BCUT2D eigenvalue weighted by Crippen LogP contribution is -2.47. The minimum Gasteiger partial charge on any atom is -0.354 e. The number of benzene rings is 3. The first-order valence-corrected chi connectivity index (χ1v) is 15.3. The third-order valence-electron chi connectivity index (χ3n) is 7.44. The molecule has 10 heteroatoms. The van der Waals surface area contributed by atoms with Crippen LogP contribution in [0.1, 0.15) is 42.4 Å². The van der Waals surface area contributed by atoms with E-state index in [1.807, 2.05) is 61.5 Å². The highest BCUT2D eigenvalue weighted by Crippen LogP contribution is 2.38. The molecule has 214 valence electrons. The van der Waals surface area contributed by atoms with E-state index in [0.717, 1.165) is 30.5 Å². The van der Waals surface area contributed by atoms with E-state index >= 15 is 0 Å². The zero-order valence-corrected chi connectivity index (χ0v) is 24.2. The molecule has 2 heterocycles. The normalized spacial score (nSPS) is 17.8. The molecule has 1 fully saturated rings. The number of sulfonamides is 1. The van der Waals surface area contributed by atoms with Gasteiger partial charge in [-0.2, -0.15) is 0 Å². The molecular formula is C31H35N5O4S. The molecule has 0 radical (unpaired) electrons. The highest BCUT2D eigenvalue weighted by molar-refractivity contribution is 7.89. The Morgan fingerprint density at radius 1 is 1.05 bits per heavy atom. The van der Waals surface area contributed by atoms with E-state index in [0.29, 0.717) is 48.8 Å². The van der Waals surface area contributed by atoms with Crippen molar-refractivity contribution in [3.63, 3.8) is 0 Å². The van der Waals surface area contributed by atoms with Gasteiger partial charge in [-0.05, 0) is 53.4 Å². The number of hydrogen-bond donors (Lipinski definition) is 2. The molecule has 3 aromatic rings. The second kappa shape index (κ2) is 12.3. The summed E-state index contributed by atoms with van der Waals surface area (Å²) in [6.45, 7) is 4.92. The van der Waals surface area contributed by atoms with Gasteiger partial charge in [0.25, 0.3) is 0 Å². The van der Waals surface area contributed by atoms with E-state index in [1.54, 1.807) is 25.2 Å². The Morgan fingerprint density at radius 3 is 2.51 bits per heavy atom. The van der Waals surface area contributed by atoms with Crippen molar-refractivity contribution in [2.75, 3.05) is 38.5 Å². The summed E-state index contributed by atoms with van der Waals surface area (Å²) in [5.74, 6) is -1.00. The first-order chi connectivity index (χ1) is 19.8. The minimum atomic E-state index is -3.72. The summed E-state index contributed by atoms with van der Waals surface area (Å²) in [7, 11) is -2.14. The zero-order valence-electron chi connectivity index (χ0n) is 23.3. The van der Waals surface area contributed by atoms with Crippen molar-refractivity contribution in [3.05, 3.63) is 89.5 Å². The smallest absolute Gasteiger partial charge is 0.242 e. The number of rotatable bonds is 10. The maximum Gasteiger partial charge on any atom is 0.242 e. The summed E-state index contributed by atoms with van der Waals surface area (Å²) in [5.41, 5.74) is 4.22. The predicted octanol–water partition coefficient (Wildman–Crippen LogP) is 3.90. The Balaban J connectivity index is 1.49. The number of hydrogen-bond acceptors (Lipinski definition) is 6. The number of piperazine rings is 1. The molecule has 5 rings (SSSR count). The predicted molar refractivity (Wildman–Crippen MR) is 160 cm³/mol. The number of nitrogens with one attached hydrogen (secondary N) is 2. The van der Waals surface area contributed by atoms with Crippen LogP contribution in [0.15, 0.2) is 82.7 Å². The fourth-order valence-electron chi connectivity index (χ4n) is 5.16. The van der Waals surface area contributed by atoms with E-state index in [2.05, 4.69) is 15.5 Å².